The molecule has 1 aliphatic rings. The van der Waals surface area contributed by atoms with E-state index in [1.165, 1.54) is 9.75 Å². The number of ether oxygens (including phenoxy) is 1. The summed E-state index contributed by atoms with van der Waals surface area (Å²) in [7, 11) is 0. The molecule has 3 rings (SSSR count). The Kier molecular flexibility index (Phi) is 6.88. The van der Waals surface area contributed by atoms with Crippen molar-refractivity contribution in [2.45, 2.75) is 39.8 Å². The molecule has 2 aromatic rings. The van der Waals surface area contributed by atoms with Gasteiger partial charge in [-0.3, -0.25) is 9.69 Å². The van der Waals surface area contributed by atoms with Crippen LogP contribution in [-0.4, -0.2) is 48.6 Å². The summed E-state index contributed by atoms with van der Waals surface area (Å²) < 4.78 is 11.0. The van der Waals surface area contributed by atoms with Gasteiger partial charge in [0.2, 0.25) is 0 Å². The number of unbranched alkanes of at least 4 members (excludes halogenated alkanes) is 1. The van der Waals surface area contributed by atoms with Crippen LogP contribution in [-0.2, 0) is 17.8 Å². The van der Waals surface area contributed by atoms with Gasteiger partial charge in [-0.15, -0.1) is 11.3 Å². The largest absolute Gasteiger partial charge is 0.467 e. The third-order valence-electron chi connectivity index (χ3n) is 4.60. The minimum atomic E-state index is 0.0569. The zero-order valence-electron chi connectivity index (χ0n) is 15.7. The van der Waals surface area contributed by atoms with E-state index in [0.29, 0.717) is 12.1 Å². The average Bonchev–Trinajstić information content (AvgIpc) is 3.28. The Bertz CT molecular complexity index is 703. The van der Waals surface area contributed by atoms with E-state index in [0.717, 1.165) is 58.0 Å². The number of nitrogens with zero attached hydrogens (tertiary/aromatic N) is 2. The summed E-state index contributed by atoms with van der Waals surface area (Å²) in [5.74, 6) is 0.902. The summed E-state index contributed by atoms with van der Waals surface area (Å²) in [6.07, 6.45) is 3.69. The first-order valence-electron chi connectivity index (χ1n) is 9.38. The molecule has 1 aliphatic heterocycles. The summed E-state index contributed by atoms with van der Waals surface area (Å²) in [6.45, 7) is 9.76. The van der Waals surface area contributed by atoms with Crippen molar-refractivity contribution in [3.8, 4) is 0 Å². The molecule has 1 amide bonds. The van der Waals surface area contributed by atoms with Gasteiger partial charge in [0.1, 0.15) is 12.0 Å². The molecular weight excluding hydrogens is 348 g/mol. The van der Waals surface area contributed by atoms with Gasteiger partial charge in [0, 0.05) is 29.4 Å². The summed E-state index contributed by atoms with van der Waals surface area (Å²) >= 11 is 1.75. The molecule has 0 saturated carbocycles. The zero-order valence-corrected chi connectivity index (χ0v) is 16.5. The highest BCUT2D eigenvalue weighted by Gasteiger charge is 2.20. The summed E-state index contributed by atoms with van der Waals surface area (Å²) in [6, 6.07) is 6.13. The topological polar surface area (TPSA) is 45.9 Å². The van der Waals surface area contributed by atoms with Crippen molar-refractivity contribution in [1.29, 1.82) is 0 Å². The Hall–Kier alpha value is -1.63. The number of morpholine rings is 1. The number of hydrogen-bond acceptors (Lipinski definition) is 5. The van der Waals surface area contributed by atoms with E-state index >= 15 is 0 Å². The number of rotatable bonds is 8. The highest BCUT2D eigenvalue weighted by molar-refractivity contribution is 7.11. The normalized spacial score (nSPS) is 15.3. The van der Waals surface area contributed by atoms with Gasteiger partial charge in [0.05, 0.1) is 31.9 Å². The van der Waals surface area contributed by atoms with Gasteiger partial charge in [-0.05, 0) is 31.5 Å². The summed E-state index contributed by atoms with van der Waals surface area (Å²) in [4.78, 5) is 19.7. The van der Waals surface area contributed by atoms with E-state index in [1.54, 1.807) is 17.6 Å². The second kappa shape index (κ2) is 9.35. The Labute approximate surface area is 159 Å². The van der Waals surface area contributed by atoms with Crippen molar-refractivity contribution in [2.24, 2.45) is 0 Å². The lowest BCUT2D eigenvalue weighted by Gasteiger charge is -2.25. The molecule has 1 fully saturated rings. The smallest absolute Gasteiger partial charge is 0.257 e. The third kappa shape index (κ3) is 5.19. The van der Waals surface area contributed by atoms with E-state index in [2.05, 4.69) is 30.9 Å². The van der Waals surface area contributed by atoms with Gasteiger partial charge in [-0.1, -0.05) is 13.3 Å². The predicted molar refractivity (Wildman–Crippen MR) is 104 cm³/mol. The maximum Gasteiger partial charge on any atom is 0.257 e. The molecule has 5 nitrogen and oxygen atoms in total. The van der Waals surface area contributed by atoms with Gasteiger partial charge in [0.25, 0.3) is 5.91 Å². The van der Waals surface area contributed by atoms with Gasteiger partial charge >= 0.3 is 0 Å². The predicted octanol–water partition coefficient (Wildman–Crippen LogP) is 3.92. The van der Waals surface area contributed by atoms with Crippen LogP contribution >= 0.6 is 11.3 Å². The molecule has 0 bridgehead atoms. The van der Waals surface area contributed by atoms with E-state index in [1.807, 2.05) is 11.0 Å². The lowest BCUT2D eigenvalue weighted by atomic mass is 10.2. The molecule has 0 aromatic carbocycles. The van der Waals surface area contributed by atoms with Crippen LogP contribution in [0.25, 0.3) is 0 Å². The standard InChI is InChI=1S/C20H28N2O3S/c1-3-4-7-22(14-19-6-5-16(2)26-19)20(23)17-12-18(25-15-17)13-21-8-10-24-11-9-21/h5-6,12,15H,3-4,7-11,13-14H2,1-2H3. The molecule has 142 valence electrons. The van der Waals surface area contributed by atoms with Crippen LogP contribution in [0, 0.1) is 6.92 Å². The van der Waals surface area contributed by atoms with Crippen molar-refractivity contribution < 1.29 is 13.9 Å². The first-order chi connectivity index (χ1) is 12.7. The lowest BCUT2D eigenvalue weighted by molar-refractivity contribution is 0.0313. The van der Waals surface area contributed by atoms with Gasteiger partial charge in [-0.2, -0.15) is 0 Å². The van der Waals surface area contributed by atoms with Crippen LogP contribution in [0.2, 0.25) is 0 Å². The number of thiophene rings is 1. The van der Waals surface area contributed by atoms with Gasteiger partial charge in [-0.25, -0.2) is 0 Å². The van der Waals surface area contributed by atoms with Crippen LogP contribution in [0.15, 0.2) is 28.9 Å². The molecule has 0 unspecified atom stereocenters. The molecule has 0 aliphatic carbocycles. The second-order valence-corrected chi connectivity index (χ2v) is 8.16. The molecular formula is C20H28N2O3S. The molecule has 1 saturated heterocycles. The van der Waals surface area contributed by atoms with Gasteiger partial charge in [0.15, 0.2) is 0 Å². The van der Waals surface area contributed by atoms with E-state index < -0.39 is 0 Å². The lowest BCUT2D eigenvalue weighted by Crippen LogP contribution is -2.35. The van der Waals surface area contributed by atoms with E-state index in [9.17, 15) is 4.79 Å². The highest BCUT2D eigenvalue weighted by atomic mass is 32.1. The first kappa shape index (κ1) is 19.1. The van der Waals surface area contributed by atoms with Crippen molar-refractivity contribution in [3.05, 3.63) is 45.5 Å². The van der Waals surface area contributed by atoms with Crippen molar-refractivity contribution >= 4 is 17.2 Å². The van der Waals surface area contributed by atoms with Crippen LogP contribution < -0.4 is 0 Å². The molecule has 0 spiro atoms. The molecule has 3 heterocycles. The fourth-order valence-electron chi connectivity index (χ4n) is 3.10. The number of amides is 1. The molecule has 0 N–H and O–H groups in total. The zero-order chi connectivity index (χ0) is 18.4. The van der Waals surface area contributed by atoms with Crippen molar-refractivity contribution in [2.75, 3.05) is 32.8 Å². The average molecular weight is 377 g/mol. The molecule has 26 heavy (non-hydrogen) atoms. The fourth-order valence-corrected chi connectivity index (χ4v) is 4.00. The Morgan fingerprint density at radius 3 is 2.81 bits per heavy atom. The fraction of sp³-hybridized carbons (Fsp3) is 0.550. The number of carbonyl (C=O) groups is 1. The van der Waals surface area contributed by atoms with Crippen LogP contribution in [0.4, 0.5) is 0 Å². The summed E-state index contributed by atoms with van der Waals surface area (Å²) in [5, 5.41) is 0. The monoisotopic (exact) mass is 376 g/mol. The number of aryl methyl sites for hydroxylation is 1. The van der Waals surface area contributed by atoms with E-state index in [4.69, 9.17) is 9.15 Å². The third-order valence-corrected chi connectivity index (χ3v) is 5.58. The molecule has 0 radical (unpaired) electrons. The minimum Gasteiger partial charge on any atom is -0.467 e. The number of carbonyl (C=O) groups excluding carboxylic acids is 1. The Morgan fingerprint density at radius 2 is 2.12 bits per heavy atom. The SMILES string of the molecule is CCCCN(Cc1ccc(C)s1)C(=O)c1coc(CN2CCOCC2)c1. The summed E-state index contributed by atoms with van der Waals surface area (Å²) in [5.41, 5.74) is 0.651. The maximum absolute atomic E-state index is 13.0. The van der Waals surface area contributed by atoms with Gasteiger partial charge < -0.3 is 14.1 Å². The van der Waals surface area contributed by atoms with Crippen LogP contribution in [0.5, 0.6) is 0 Å². The second-order valence-electron chi connectivity index (χ2n) is 6.78. The van der Waals surface area contributed by atoms with Crippen LogP contribution in [0.3, 0.4) is 0 Å². The Balaban J connectivity index is 1.65. The van der Waals surface area contributed by atoms with E-state index in [-0.39, 0.29) is 5.91 Å². The van der Waals surface area contributed by atoms with Crippen molar-refractivity contribution in [1.82, 2.24) is 9.80 Å². The molecule has 6 heteroatoms. The highest BCUT2D eigenvalue weighted by Crippen LogP contribution is 2.20. The molecule has 2 aromatic heterocycles. The maximum atomic E-state index is 13.0. The quantitative estimate of drug-likeness (QED) is 0.700. The van der Waals surface area contributed by atoms with Crippen molar-refractivity contribution in [3.63, 3.8) is 0 Å². The first-order valence-corrected chi connectivity index (χ1v) is 10.2. The Morgan fingerprint density at radius 1 is 1.31 bits per heavy atom. The minimum absolute atomic E-state index is 0.0569. The van der Waals surface area contributed by atoms with Crippen LogP contribution in [0.1, 0.15) is 45.6 Å². The number of furan rings is 1. The molecule has 0 atom stereocenters. The number of hydrogen-bond donors (Lipinski definition) is 0.